The lowest BCUT2D eigenvalue weighted by atomic mass is 10.1. The van der Waals surface area contributed by atoms with Crippen molar-refractivity contribution in [1.82, 2.24) is 20.6 Å². The van der Waals surface area contributed by atoms with Gasteiger partial charge < -0.3 is 10.1 Å². The maximum Gasteiger partial charge on any atom is 0.397 e. The van der Waals surface area contributed by atoms with Gasteiger partial charge >= 0.3 is 11.9 Å². The number of amides is 1. The fourth-order valence-electron chi connectivity index (χ4n) is 1.60. The molecular formula is C12H13N5O3. The Morgan fingerprint density at radius 1 is 1.40 bits per heavy atom. The van der Waals surface area contributed by atoms with Crippen molar-refractivity contribution in [1.29, 1.82) is 0 Å². The first kappa shape index (κ1) is 13.7. The van der Waals surface area contributed by atoms with Gasteiger partial charge in [0.25, 0.3) is 0 Å². The van der Waals surface area contributed by atoms with Gasteiger partial charge in [-0.05, 0) is 42.8 Å². The van der Waals surface area contributed by atoms with Crippen LogP contribution in [0.3, 0.4) is 0 Å². The Balaban J connectivity index is 2.14. The molecule has 104 valence electrons. The van der Waals surface area contributed by atoms with Gasteiger partial charge in [-0.3, -0.25) is 4.79 Å². The highest BCUT2D eigenvalue weighted by atomic mass is 16.5. The van der Waals surface area contributed by atoms with E-state index in [-0.39, 0.29) is 6.61 Å². The van der Waals surface area contributed by atoms with Gasteiger partial charge in [0.15, 0.2) is 0 Å². The molecule has 2 rings (SSSR count). The van der Waals surface area contributed by atoms with E-state index in [9.17, 15) is 9.59 Å². The minimum Gasteiger partial charge on any atom is -0.459 e. The number of esters is 1. The fraction of sp³-hybridized carbons (Fsp3) is 0.250. The molecule has 1 aromatic carbocycles. The third-order valence-electron chi connectivity index (χ3n) is 2.54. The van der Waals surface area contributed by atoms with Crippen LogP contribution in [0, 0.1) is 6.92 Å². The van der Waals surface area contributed by atoms with Gasteiger partial charge in [-0.1, -0.05) is 0 Å². The molecule has 20 heavy (non-hydrogen) atoms. The van der Waals surface area contributed by atoms with Crippen LogP contribution in [-0.4, -0.2) is 39.1 Å². The normalized spacial score (nSPS) is 10.1. The minimum atomic E-state index is -0.908. The van der Waals surface area contributed by atoms with E-state index >= 15 is 0 Å². The topological polar surface area (TPSA) is 110 Å². The number of hydrogen-bond acceptors (Lipinski definition) is 6. The average molecular weight is 275 g/mol. The van der Waals surface area contributed by atoms with Crippen molar-refractivity contribution in [3.8, 4) is 11.4 Å². The predicted octanol–water partition coefficient (Wildman–Crippen LogP) is 0.677. The van der Waals surface area contributed by atoms with Crippen LogP contribution in [0.1, 0.15) is 12.5 Å². The van der Waals surface area contributed by atoms with Gasteiger partial charge in [0.05, 0.1) is 6.61 Å². The molecule has 0 unspecified atom stereocenters. The van der Waals surface area contributed by atoms with Crippen LogP contribution in [-0.2, 0) is 14.3 Å². The summed E-state index contributed by atoms with van der Waals surface area (Å²) in [4.78, 5) is 22.8. The summed E-state index contributed by atoms with van der Waals surface area (Å²) in [6.45, 7) is 3.59. The second kappa shape index (κ2) is 5.91. The molecule has 0 radical (unpaired) electrons. The molecule has 0 saturated heterocycles. The van der Waals surface area contributed by atoms with E-state index in [0.29, 0.717) is 11.5 Å². The molecule has 2 aromatic rings. The molecule has 0 atom stereocenters. The number of anilines is 1. The maximum absolute atomic E-state index is 11.5. The van der Waals surface area contributed by atoms with Crippen LogP contribution >= 0.6 is 0 Å². The molecule has 1 amide bonds. The molecule has 8 heteroatoms. The maximum atomic E-state index is 11.5. The zero-order valence-electron chi connectivity index (χ0n) is 11.0. The van der Waals surface area contributed by atoms with Gasteiger partial charge in [-0.15, -0.1) is 10.2 Å². The van der Waals surface area contributed by atoms with Crippen LogP contribution in [0.15, 0.2) is 18.2 Å². The van der Waals surface area contributed by atoms with Crippen molar-refractivity contribution in [3.05, 3.63) is 23.8 Å². The van der Waals surface area contributed by atoms with Crippen molar-refractivity contribution >= 4 is 17.6 Å². The van der Waals surface area contributed by atoms with E-state index in [2.05, 4.69) is 30.7 Å². The molecule has 0 bridgehead atoms. The first-order valence-electron chi connectivity index (χ1n) is 5.94. The Morgan fingerprint density at radius 2 is 2.20 bits per heavy atom. The monoisotopic (exact) mass is 275 g/mol. The number of aryl methyl sites for hydroxylation is 1. The lowest BCUT2D eigenvalue weighted by Crippen LogP contribution is -2.25. The number of H-pyrrole nitrogens is 1. The predicted molar refractivity (Wildman–Crippen MR) is 69.6 cm³/mol. The van der Waals surface area contributed by atoms with Crippen molar-refractivity contribution in [3.63, 3.8) is 0 Å². The number of ether oxygens (including phenoxy) is 1. The Morgan fingerprint density at radius 3 is 2.80 bits per heavy atom. The molecule has 0 saturated carbocycles. The van der Waals surface area contributed by atoms with E-state index in [1.165, 1.54) is 0 Å². The number of carbonyl (C=O) groups excluding carboxylic acids is 2. The van der Waals surface area contributed by atoms with E-state index in [0.717, 1.165) is 11.1 Å². The highest BCUT2D eigenvalue weighted by Crippen LogP contribution is 2.21. The van der Waals surface area contributed by atoms with E-state index in [1.807, 2.05) is 0 Å². The summed E-state index contributed by atoms with van der Waals surface area (Å²) in [7, 11) is 0. The Hall–Kier alpha value is -2.77. The Labute approximate surface area is 114 Å². The summed E-state index contributed by atoms with van der Waals surface area (Å²) >= 11 is 0. The molecular weight excluding hydrogens is 262 g/mol. The molecule has 0 aliphatic rings. The fourth-order valence-corrected chi connectivity index (χ4v) is 1.60. The summed E-state index contributed by atoms with van der Waals surface area (Å²) < 4.78 is 4.62. The molecule has 8 nitrogen and oxygen atoms in total. The third-order valence-corrected chi connectivity index (χ3v) is 2.54. The largest absolute Gasteiger partial charge is 0.459 e. The van der Waals surface area contributed by atoms with Crippen LogP contribution in [0.4, 0.5) is 5.69 Å². The molecule has 0 aliphatic carbocycles. The zero-order valence-corrected chi connectivity index (χ0v) is 11.0. The van der Waals surface area contributed by atoms with Gasteiger partial charge in [0, 0.05) is 11.3 Å². The number of tetrazole rings is 1. The minimum absolute atomic E-state index is 0.155. The molecule has 1 aromatic heterocycles. The van der Waals surface area contributed by atoms with E-state index in [4.69, 9.17) is 0 Å². The Bertz CT molecular complexity index is 624. The van der Waals surface area contributed by atoms with Crippen molar-refractivity contribution in [2.24, 2.45) is 0 Å². The SMILES string of the molecule is CCOC(=O)C(=O)Nc1ccc(-c2nn[nH]n2)cc1C. The summed E-state index contributed by atoms with van der Waals surface area (Å²) in [6, 6.07) is 5.17. The Kier molecular flexibility index (Phi) is 4.04. The van der Waals surface area contributed by atoms with Crippen molar-refractivity contribution in [2.45, 2.75) is 13.8 Å². The lowest BCUT2D eigenvalue weighted by molar-refractivity contribution is -0.152. The van der Waals surface area contributed by atoms with E-state index < -0.39 is 11.9 Å². The highest BCUT2D eigenvalue weighted by molar-refractivity contribution is 6.37. The van der Waals surface area contributed by atoms with Gasteiger partial charge in [-0.25, -0.2) is 4.79 Å². The van der Waals surface area contributed by atoms with Crippen molar-refractivity contribution in [2.75, 3.05) is 11.9 Å². The number of nitrogens with zero attached hydrogens (tertiary/aromatic N) is 3. The summed E-state index contributed by atoms with van der Waals surface area (Å²) in [5.74, 6) is -1.26. The third kappa shape index (κ3) is 2.97. The lowest BCUT2D eigenvalue weighted by Gasteiger charge is -2.08. The van der Waals surface area contributed by atoms with Gasteiger partial charge in [0.2, 0.25) is 5.82 Å². The summed E-state index contributed by atoms with van der Waals surface area (Å²) in [6.07, 6.45) is 0. The quantitative estimate of drug-likeness (QED) is 0.629. The summed E-state index contributed by atoms with van der Waals surface area (Å²) in [5, 5.41) is 16.1. The molecule has 2 N–H and O–H groups in total. The van der Waals surface area contributed by atoms with Crippen LogP contribution in [0.2, 0.25) is 0 Å². The number of rotatable bonds is 3. The first-order valence-corrected chi connectivity index (χ1v) is 5.94. The number of carbonyl (C=O) groups is 2. The average Bonchev–Trinajstić information content (AvgIpc) is 2.95. The van der Waals surface area contributed by atoms with Crippen molar-refractivity contribution < 1.29 is 14.3 Å². The van der Waals surface area contributed by atoms with E-state index in [1.54, 1.807) is 32.0 Å². The number of nitrogens with one attached hydrogen (secondary N) is 2. The van der Waals surface area contributed by atoms with Gasteiger partial charge in [-0.2, -0.15) is 5.21 Å². The second-order valence-corrected chi connectivity index (χ2v) is 3.94. The number of aromatic nitrogens is 4. The molecule has 0 aliphatic heterocycles. The standard InChI is InChI=1S/C12H13N5O3/c1-3-20-12(19)11(18)13-9-5-4-8(6-7(9)2)10-14-16-17-15-10/h4-6H,3H2,1-2H3,(H,13,18)(H,14,15,16,17). The van der Waals surface area contributed by atoms with Crippen LogP contribution in [0.25, 0.3) is 11.4 Å². The molecule has 0 spiro atoms. The van der Waals surface area contributed by atoms with Crippen LogP contribution < -0.4 is 5.32 Å². The smallest absolute Gasteiger partial charge is 0.397 e. The molecule has 1 heterocycles. The van der Waals surface area contributed by atoms with Gasteiger partial charge in [0.1, 0.15) is 0 Å². The number of aromatic amines is 1. The molecule has 0 fully saturated rings. The second-order valence-electron chi connectivity index (χ2n) is 3.94. The highest BCUT2D eigenvalue weighted by Gasteiger charge is 2.16. The number of hydrogen-bond donors (Lipinski definition) is 2. The number of benzene rings is 1. The zero-order chi connectivity index (χ0) is 14.5. The first-order chi connectivity index (χ1) is 9.61. The van der Waals surface area contributed by atoms with Crippen LogP contribution in [0.5, 0.6) is 0 Å². The summed E-state index contributed by atoms with van der Waals surface area (Å²) in [5.41, 5.74) is 2.05.